The van der Waals surface area contributed by atoms with Crippen LogP contribution in [0.5, 0.6) is 23.0 Å². The summed E-state index contributed by atoms with van der Waals surface area (Å²) in [5.74, 6) is 1.86. The summed E-state index contributed by atoms with van der Waals surface area (Å²) in [4.78, 5) is 25.6. The fourth-order valence-corrected chi connectivity index (χ4v) is 3.78. The molecule has 0 aliphatic carbocycles. The first-order valence-electron chi connectivity index (χ1n) is 11.4. The second kappa shape index (κ2) is 10.8. The van der Waals surface area contributed by atoms with Gasteiger partial charge in [-0.05, 0) is 80.1 Å². The third-order valence-corrected chi connectivity index (χ3v) is 5.53. The third kappa shape index (κ3) is 5.25. The molecule has 1 aromatic heterocycles. The number of furan rings is 1. The summed E-state index contributed by atoms with van der Waals surface area (Å²) in [6.45, 7) is 4.11. The number of methoxy groups -OCH3 is 2. The van der Waals surface area contributed by atoms with Gasteiger partial charge in [0.2, 0.25) is 0 Å². The zero-order valence-corrected chi connectivity index (χ0v) is 20.5. The van der Waals surface area contributed by atoms with Crippen molar-refractivity contribution in [2.45, 2.75) is 13.8 Å². The first-order valence-corrected chi connectivity index (χ1v) is 11.4. The van der Waals surface area contributed by atoms with Gasteiger partial charge in [0.05, 0.1) is 20.8 Å². The molecule has 0 N–H and O–H groups in total. The fraction of sp³-hybridized carbons (Fsp3) is 0.172. The highest BCUT2D eigenvalue weighted by atomic mass is 16.5. The molecule has 7 nitrogen and oxygen atoms in total. The van der Waals surface area contributed by atoms with Crippen LogP contribution in [0.25, 0.3) is 17.0 Å². The summed E-state index contributed by atoms with van der Waals surface area (Å²) in [6, 6.07) is 17.1. The maximum absolute atomic E-state index is 12.9. The average molecular weight is 487 g/mol. The van der Waals surface area contributed by atoms with Gasteiger partial charge in [0.15, 0.2) is 17.3 Å². The molecule has 4 rings (SSSR count). The van der Waals surface area contributed by atoms with E-state index in [0.717, 1.165) is 5.56 Å². The maximum Gasteiger partial charge on any atom is 0.347 e. The Morgan fingerprint density at radius 3 is 2.31 bits per heavy atom. The number of esters is 1. The third-order valence-electron chi connectivity index (χ3n) is 5.53. The van der Waals surface area contributed by atoms with Gasteiger partial charge in [0.1, 0.15) is 28.4 Å². The largest absolute Gasteiger partial charge is 0.494 e. The minimum Gasteiger partial charge on any atom is -0.494 e. The van der Waals surface area contributed by atoms with E-state index in [0.29, 0.717) is 57.5 Å². The number of hydrogen-bond donors (Lipinski definition) is 0. The lowest BCUT2D eigenvalue weighted by Crippen LogP contribution is -2.09. The van der Waals surface area contributed by atoms with Crippen LogP contribution in [0, 0.1) is 6.92 Å². The molecule has 0 saturated carbocycles. The van der Waals surface area contributed by atoms with Crippen molar-refractivity contribution >= 4 is 28.8 Å². The molecule has 0 bridgehead atoms. The lowest BCUT2D eigenvalue weighted by atomic mass is 10.1. The number of carbonyl (C=O) groups excluding carboxylic acids is 2. The van der Waals surface area contributed by atoms with Crippen LogP contribution >= 0.6 is 0 Å². The molecule has 0 fully saturated rings. The molecule has 4 aromatic rings. The molecule has 1 heterocycles. The smallest absolute Gasteiger partial charge is 0.347 e. The van der Waals surface area contributed by atoms with Gasteiger partial charge in [-0.15, -0.1) is 0 Å². The van der Waals surface area contributed by atoms with Crippen molar-refractivity contribution in [2.75, 3.05) is 20.8 Å². The lowest BCUT2D eigenvalue weighted by Gasteiger charge is -2.07. The zero-order valence-electron chi connectivity index (χ0n) is 20.5. The van der Waals surface area contributed by atoms with Crippen LogP contribution in [0.3, 0.4) is 0 Å². The Balaban J connectivity index is 1.47. The van der Waals surface area contributed by atoms with Crippen molar-refractivity contribution < 1.29 is 33.0 Å². The van der Waals surface area contributed by atoms with E-state index in [1.54, 1.807) is 81.8 Å². The second-order valence-corrected chi connectivity index (χ2v) is 7.85. The first kappa shape index (κ1) is 24.6. The molecule has 0 aliphatic heterocycles. The Labute approximate surface area is 208 Å². The normalized spacial score (nSPS) is 11.0. The first-order chi connectivity index (χ1) is 17.4. The molecule has 0 spiro atoms. The zero-order chi connectivity index (χ0) is 25.7. The SMILES string of the molecule is CCOc1ccc2oc(C)c(C(=O)Oc3ccc(C(=O)/C=C/c4ccc(OC)c(OC)c4)cc3)c2c1. The van der Waals surface area contributed by atoms with Crippen molar-refractivity contribution in [1.82, 2.24) is 0 Å². The van der Waals surface area contributed by atoms with Crippen molar-refractivity contribution in [1.29, 1.82) is 0 Å². The van der Waals surface area contributed by atoms with Gasteiger partial charge in [-0.3, -0.25) is 4.79 Å². The molecule has 0 unspecified atom stereocenters. The van der Waals surface area contributed by atoms with E-state index in [2.05, 4.69) is 0 Å². The molecule has 0 radical (unpaired) electrons. The van der Waals surface area contributed by atoms with Gasteiger partial charge >= 0.3 is 5.97 Å². The number of carbonyl (C=O) groups is 2. The van der Waals surface area contributed by atoms with E-state index >= 15 is 0 Å². The van der Waals surface area contributed by atoms with E-state index in [4.69, 9.17) is 23.4 Å². The highest BCUT2D eigenvalue weighted by Gasteiger charge is 2.21. The van der Waals surface area contributed by atoms with Crippen molar-refractivity contribution in [2.24, 2.45) is 0 Å². The molecule has 3 aromatic carbocycles. The molecule has 0 atom stereocenters. The fourth-order valence-electron chi connectivity index (χ4n) is 3.78. The summed E-state index contributed by atoms with van der Waals surface area (Å²) >= 11 is 0. The van der Waals surface area contributed by atoms with E-state index in [9.17, 15) is 9.59 Å². The summed E-state index contributed by atoms with van der Waals surface area (Å²) in [7, 11) is 3.12. The molecule has 0 amide bonds. The standard InChI is InChI=1S/C29H26O7/c1-5-34-22-12-15-25-23(17-22)28(18(2)35-25)29(31)36-21-10-8-20(9-11-21)24(30)13-6-19-7-14-26(32-3)27(16-19)33-4/h6-17H,5H2,1-4H3/b13-6+. The predicted octanol–water partition coefficient (Wildman–Crippen LogP) is 6.27. The lowest BCUT2D eigenvalue weighted by molar-refractivity contribution is 0.0734. The predicted molar refractivity (Wildman–Crippen MR) is 136 cm³/mol. The van der Waals surface area contributed by atoms with Crippen LogP contribution in [-0.2, 0) is 0 Å². The molecule has 184 valence electrons. The van der Waals surface area contributed by atoms with Crippen molar-refractivity contribution in [3.63, 3.8) is 0 Å². The number of ether oxygens (including phenoxy) is 4. The van der Waals surface area contributed by atoms with E-state index in [1.807, 2.05) is 13.0 Å². The minimum absolute atomic E-state index is 0.192. The van der Waals surface area contributed by atoms with Gasteiger partial charge in [0.25, 0.3) is 0 Å². The number of benzene rings is 3. The van der Waals surface area contributed by atoms with Crippen LogP contribution in [-0.4, -0.2) is 32.6 Å². The Morgan fingerprint density at radius 2 is 1.61 bits per heavy atom. The van der Waals surface area contributed by atoms with Crippen molar-refractivity contribution in [3.05, 3.63) is 89.2 Å². The van der Waals surface area contributed by atoms with Crippen LogP contribution in [0.4, 0.5) is 0 Å². The Hall–Kier alpha value is -4.52. The maximum atomic E-state index is 12.9. The van der Waals surface area contributed by atoms with Gasteiger partial charge < -0.3 is 23.4 Å². The Bertz CT molecular complexity index is 1430. The molecule has 36 heavy (non-hydrogen) atoms. The summed E-state index contributed by atoms with van der Waals surface area (Å²) < 4.78 is 27.3. The van der Waals surface area contributed by atoms with Crippen LogP contribution in [0.2, 0.25) is 0 Å². The number of rotatable bonds is 9. The molecule has 0 saturated heterocycles. The molecule has 0 aliphatic rings. The monoisotopic (exact) mass is 486 g/mol. The number of allylic oxidation sites excluding steroid dienone is 1. The van der Waals surface area contributed by atoms with E-state index in [-0.39, 0.29) is 5.78 Å². The highest BCUT2D eigenvalue weighted by Crippen LogP contribution is 2.31. The van der Waals surface area contributed by atoms with Gasteiger partial charge in [-0.25, -0.2) is 4.79 Å². The number of hydrogen-bond acceptors (Lipinski definition) is 7. The molecule has 7 heteroatoms. The van der Waals surface area contributed by atoms with E-state index < -0.39 is 5.97 Å². The van der Waals surface area contributed by atoms with Gasteiger partial charge in [-0.2, -0.15) is 0 Å². The van der Waals surface area contributed by atoms with Crippen molar-refractivity contribution in [3.8, 4) is 23.0 Å². The summed E-state index contributed by atoms with van der Waals surface area (Å²) in [6.07, 6.45) is 3.17. The van der Waals surface area contributed by atoms with E-state index in [1.165, 1.54) is 6.08 Å². The Kier molecular flexibility index (Phi) is 7.39. The number of ketones is 1. The Morgan fingerprint density at radius 1 is 0.889 bits per heavy atom. The second-order valence-electron chi connectivity index (χ2n) is 7.85. The van der Waals surface area contributed by atoms with Gasteiger partial charge in [0, 0.05) is 10.9 Å². The minimum atomic E-state index is -0.549. The number of fused-ring (bicyclic) bond motifs is 1. The summed E-state index contributed by atoms with van der Waals surface area (Å²) in [5, 5.41) is 0.621. The van der Waals surface area contributed by atoms with Crippen LogP contribution in [0.1, 0.15) is 39.0 Å². The summed E-state index contributed by atoms with van der Waals surface area (Å²) in [5.41, 5.74) is 2.16. The number of aryl methyl sites for hydroxylation is 1. The molecular formula is C29H26O7. The average Bonchev–Trinajstić information content (AvgIpc) is 3.22. The highest BCUT2D eigenvalue weighted by molar-refractivity contribution is 6.07. The van der Waals surface area contributed by atoms with Gasteiger partial charge in [-0.1, -0.05) is 12.1 Å². The molecular weight excluding hydrogens is 460 g/mol. The van der Waals surface area contributed by atoms with Crippen LogP contribution < -0.4 is 18.9 Å². The topological polar surface area (TPSA) is 84.2 Å². The van der Waals surface area contributed by atoms with Crippen LogP contribution in [0.15, 0.2) is 71.2 Å². The quantitative estimate of drug-likeness (QED) is 0.119.